The topological polar surface area (TPSA) is 78.2 Å². The minimum Gasteiger partial charge on any atom is -0.396 e. The van der Waals surface area contributed by atoms with Crippen LogP contribution >= 0.6 is 0 Å². The van der Waals surface area contributed by atoms with Crippen molar-refractivity contribution in [2.75, 3.05) is 6.61 Å². The molecule has 0 radical (unpaired) electrons. The first-order chi connectivity index (χ1) is 17.2. The van der Waals surface area contributed by atoms with Crippen molar-refractivity contribution in [3.8, 4) is 6.07 Å². The highest BCUT2D eigenvalue weighted by molar-refractivity contribution is 6.04. The lowest BCUT2D eigenvalue weighted by molar-refractivity contribution is -0.131. The summed E-state index contributed by atoms with van der Waals surface area (Å²) in [6.45, 7) is 24.1. The Kier molecular flexibility index (Phi) is 9.43. The van der Waals surface area contributed by atoms with E-state index in [2.05, 4.69) is 61.5 Å². The molecule has 1 fully saturated rings. The zero-order chi connectivity index (χ0) is 29.4. The molecule has 4 atom stereocenters. The fraction of sp³-hybridized carbons (Fsp3) is 0.794. The molecule has 38 heavy (non-hydrogen) atoms. The quantitative estimate of drug-likeness (QED) is 0.275. The molecule has 2 aliphatic rings. The third-order valence-electron chi connectivity index (χ3n) is 11.4. The van der Waals surface area contributed by atoms with E-state index in [0.29, 0.717) is 5.41 Å². The maximum absolute atomic E-state index is 13.2. The van der Waals surface area contributed by atoms with Gasteiger partial charge in [0.2, 0.25) is 0 Å². The monoisotopic (exact) mass is 525 g/mol. The zero-order valence-electron chi connectivity index (χ0n) is 26.3. The second kappa shape index (κ2) is 11.0. The number of aliphatic hydroxyl groups excluding tert-OH is 1. The van der Waals surface area contributed by atoms with E-state index in [1.165, 1.54) is 0 Å². The number of fused-ring (bicyclic) bond motifs is 1. The average molecular weight is 526 g/mol. The summed E-state index contributed by atoms with van der Waals surface area (Å²) in [4.78, 5) is 25.9. The summed E-state index contributed by atoms with van der Waals surface area (Å²) in [5.41, 5.74) is 0.0136. The van der Waals surface area contributed by atoms with Crippen molar-refractivity contribution in [2.45, 2.75) is 128 Å². The molecule has 0 bridgehead atoms. The number of rotatable bonds is 11. The Bertz CT molecular complexity index is 1020. The summed E-state index contributed by atoms with van der Waals surface area (Å²) in [7, 11) is 0. The Balaban J connectivity index is 2.53. The van der Waals surface area contributed by atoms with Crippen LogP contribution in [0.1, 0.15) is 128 Å². The number of allylic oxidation sites excluding steroid dienone is 4. The lowest BCUT2D eigenvalue weighted by Gasteiger charge is -2.61. The van der Waals surface area contributed by atoms with E-state index in [1.807, 2.05) is 26.0 Å². The first kappa shape index (κ1) is 32.5. The summed E-state index contributed by atoms with van der Waals surface area (Å²) in [5, 5.41) is 19.8. The van der Waals surface area contributed by atoms with Gasteiger partial charge < -0.3 is 5.11 Å². The molecular formula is C34H55NO3. The van der Waals surface area contributed by atoms with Crippen molar-refractivity contribution >= 4 is 11.6 Å². The van der Waals surface area contributed by atoms with Gasteiger partial charge in [-0.3, -0.25) is 9.59 Å². The van der Waals surface area contributed by atoms with Gasteiger partial charge in [-0.15, -0.1) is 0 Å². The Morgan fingerprint density at radius 1 is 1.08 bits per heavy atom. The fourth-order valence-electron chi connectivity index (χ4n) is 7.47. The second-order valence-corrected chi connectivity index (χ2v) is 15.3. The predicted molar refractivity (Wildman–Crippen MR) is 156 cm³/mol. The van der Waals surface area contributed by atoms with Crippen LogP contribution < -0.4 is 0 Å². The second-order valence-electron chi connectivity index (χ2n) is 15.3. The van der Waals surface area contributed by atoms with Gasteiger partial charge in [-0.1, -0.05) is 87.3 Å². The number of Topliss-reactive ketones (excluding diaryl/α,β-unsaturated/α-hetero) is 1. The third kappa shape index (κ3) is 6.04. The third-order valence-corrected chi connectivity index (χ3v) is 11.4. The molecule has 2 aliphatic carbocycles. The highest BCUT2D eigenvalue weighted by Crippen LogP contribution is 2.67. The molecule has 0 aliphatic heterocycles. The van der Waals surface area contributed by atoms with Crippen LogP contribution in [-0.4, -0.2) is 23.3 Å². The SMILES string of the molecule is CCC(C)(C)CC[C@](C)(CCO)CCC(C)(C)[C@]1(C)CC[C@H]2C(C)(C)C(=O)C(C#N)=C[C@]2(C)/C1=C/C(C)=O. The van der Waals surface area contributed by atoms with Crippen LogP contribution in [-0.2, 0) is 9.59 Å². The largest absolute Gasteiger partial charge is 0.396 e. The summed E-state index contributed by atoms with van der Waals surface area (Å²) in [6, 6.07) is 2.17. The van der Waals surface area contributed by atoms with Crippen LogP contribution in [0.4, 0.5) is 0 Å². The van der Waals surface area contributed by atoms with Gasteiger partial charge in [-0.25, -0.2) is 0 Å². The number of hydrogen-bond donors (Lipinski definition) is 1. The molecule has 1 saturated carbocycles. The minimum absolute atomic E-state index is 0.0115. The molecular weight excluding hydrogens is 470 g/mol. The Hall–Kier alpha value is -1.73. The predicted octanol–water partition coefficient (Wildman–Crippen LogP) is 8.39. The van der Waals surface area contributed by atoms with Gasteiger partial charge >= 0.3 is 0 Å². The first-order valence-corrected chi connectivity index (χ1v) is 14.8. The number of hydrogen-bond acceptors (Lipinski definition) is 4. The summed E-state index contributed by atoms with van der Waals surface area (Å²) >= 11 is 0. The van der Waals surface area contributed by atoms with Gasteiger partial charge in [0.05, 0.1) is 5.57 Å². The van der Waals surface area contributed by atoms with Crippen molar-refractivity contribution in [3.05, 3.63) is 23.3 Å². The van der Waals surface area contributed by atoms with Gasteiger partial charge in [0.1, 0.15) is 6.07 Å². The van der Waals surface area contributed by atoms with Crippen LogP contribution in [0.15, 0.2) is 23.3 Å². The van der Waals surface area contributed by atoms with Crippen molar-refractivity contribution < 1.29 is 14.7 Å². The highest BCUT2D eigenvalue weighted by Gasteiger charge is 2.61. The zero-order valence-corrected chi connectivity index (χ0v) is 26.3. The Labute approximate surface area is 233 Å². The average Bonchev–Trinajstić information content (AvgIpc) is 2.81. The van der Waals surface area contributed by atoms with Crippen molar-refractivity contribution in [1.82, 2.24) is 0 Å². The standard InChI is InChI=1S/C34H55NO3/c1-12-29(3,4)15-17-32(9,19-20-36)18-16-30(5,6)34(11)14-13-26-31(7,8)28(38)25(23-35)22-33(26,10)27(34)21-24(2)37/h21-22,26,36H,12-20H2,1-11H3/b27-21-/t26-,32-,33-,34+/m0/s1. The van der Waals surface area contributed by atoms with Gasteiger partial charge in [-0.2, -0.15) is 5.26 Å². The van der Waals surface area contributed by atoms with Crippen LogP contribution in [0.2, 0.25) is 0 Å². The van der Waals surface area contributed by atoms with E-state index in [9.17, 15) is 20.0 Å². The maximum Gasteiger partial charge on any atom is 0.178 e. The van der Waals surface area contributed by atoms with Gasteiger partial charge in [0, 0.05) is 17.4 Å². The van der Waals surface area contributed by atoms with E-state index >= 15 is 0 Å². The number of carbonyl (C=O) groups excluding carboxylic acids is 2. The number of nitriles is 1. The van der Waals surface area contributed by atoms with E-state index < -0.39 is 10.8 Å². The molecule has 0 unspecified atom stereocenters. The van der Waals surface area contributed by atoms with Crippen molar-refractivity contribution in [3.63, 3.8) is 0 Å². The van der Waals surface area contributed by atoms with E-state index in [-0.39, 0.29) is 45.9 Å². The van der Waals surface area contributed by atoms with Crippen LogP contribution in [0.5, 0.6) is 0 Å². The van der Waals surface area contributed by atoms with Gasteiger partial charge in [0.25, 0.3) is 0 Å². The molecule has 1 N–H and O–H groups in total. The molecule has 0 heterocycles. The van der Waals surface area contributed by atoms with Gasteiger partial charge in [0.15, 0.2) is 11.6 Å². The first-order valence-electron chi connectivity index (χ1n) is 14.8. The Morgan fingerprint density at radius 3 is 2.16 bits per heavy atom. The van der Waals surface area contributed by atoms with E-state index in [0.717, 1.165) is 56.9 Å². The van der Waals surface area contributed by atoms with Crippen LogP contribution in [0.25, 0.3) is 0 Å². The molecule has 0 aromatic heterocycles. The molecule has 4 heteroatoms. The molecule has 0 saturated heterocycles. The number of aliphatic hydroxyl groups is 1. The van der Waals surface area contributed by atoms with Crippen LogP contribution in [0.3, 0.4) is 0 Å². The normalized spacial score (nSPS) is 30.3. The molecule has 214 valence electrons. The summed E-state index contributed by atoms with van der Waals surface area (Å²) in [6.07, 6.45) is 11.6. The molecule has 4 nitrogen and oxygen atoms in total. The van der Waals surface area contributed by atoms with Crippen LogP contribution in [0, 0.1) is 49.7 Å². The van der Waals surface area contributed by atoms with Gasteiger partial charge in [-0.05, 0) is 85.5 Å². The van der Waals surface area contributed by atoms with E-state index in [4.69, 9.17) is 0 Å². The number of nitrogens with zero attached hydrogens (tertiary/aromatic N) is 1. The lowest BCUT2D eigenvalue weighted by Crippen LogP contribution is -2.55. The number of ketones is 2. The molecule has 0 amide bonds. The maximum atomic E-state index is 13.2. The molecule has 2 rings (SSSR count). The highest BCUT2D eigenvalue weighted by atomic mass is 16.3. The lowest BCUT2D eigenvalue weighted by atomic mass is 9.42. The summed E-state index contributed by atoms with van der Waals surface area (Å²) in [5.74, 6) is -0.0373. The van der Waals surface area contributed by atoms with E-state index in [1.54, 1.807) is 6.92 Å². The molecule has 0 aromatic rings. The van der Waals surface area contributed by atoms with Crippen molar-refractivity contribution in [1.29, 1.82) is 5.26 Å². The molecule has 0 aromatic carbocycles. The minimum atomic E-state index is -0.665. The smallest absolute Gasteiger partial charge is 0.178 e. The molecule has 0 spiro atoms. The van der Waals surface area contributed by atoms with Crippen molar-refractivity contribution in [2.24, 2.45) is 38.4 Å². The fourth-order valence-corrected chi connectivity index (χ4v) is 7.47. The number of carbonyl (C=O) groups is 2. The Morgan fingerprint density at radius 2 is 1.66 bits per heavy atom. The summed E-state index contributed by atoms with van der Waals surface area (Å²) < 4.78 is 0.